The van der Waals surface area contributed by atoms with Crippen molar-refractivity contribution in [3.05, 3.63) is 29.6 Å². The van der Waals surface area contributed by atoms with E-state index in [2.05, 4.69) is 4.90 Å². The molecule has 3 rings (SSSR count). The van der Waals surface area contributed by atoms with Crippen LogP contribution in [0.4, 0.5) is 10.1 Å². The average molecular weight is 202 g/mol. The van der Waals surface area contributed by atoms with E-state index in [4.69, 9.17) is 5.26 Å². The highest BCUT2D eigenvalue weighted by Gasteiger charge is 2.45. The van der Waals surface area contributed by atoms with Gasteiger partial charge in [0.1, 0.15) is 5.82 Å². The lowest BCUT2D eigenvalue weighted by Gasteiger charge is -2.20. The van der Waals surface area contributed by atoms with Crippen LogP contribution in [-0.4, -0.2) is 13.1 Å². The fourth-order valence-corrected chi connectivity index (χ4v) is 2.43. The van der Waals surface area contributed by atoms with Crippen molar-refractivity contribution in [1.82, 2.24) is 0 Å². The standard InChI is InChI=1S/C12H11FN2/c13-11-3-8(5-14)1-2-12(11)15-6-9-4-10(9)7-15/h1-3,9-10H,4,6-7H2. The minimum atomic E-state index is -0.268. The third kappa shape index (κ3) is 1.37. The predicted molar refractivity (Wildman–Crippen MR) is 54.9 cm³/mol. The van der Waals surface area contributed by atoms with E-state index in [1.54, 1.807) is 12.1 Å². The Kier molecular flexibility index (Phi) is 1.72. The molecule has 0 spiro atoms. The van der Waals surface area contributed by atoms with Gasteiger partial charge in [0.05, 0.1) is 17.3 Å². The molecule has 1 aliphatic heterocycles. The number of anilines is 1. The number of benzene rings is 1. The maximum Gasteiger partial charge on any atom is 0.147 e. The van der Waals surface area contributed by atoms with Crippen molar-refractivity contribution in [2.75, 3.05) is 18.0 Å². The summed E-state index contributed by atoms with van der Waals surface area (Å²) in [4.78, 5) is 2.09. The van der Waals surface area contributed by atoms with Gasteiger partial charge in [-0.2, -0.15) is 5.26 Å². The van der Waals surface area contributed by atoms with Crippen LogP contribution in [0, 0.1) is 29.0 Å². The molecular weight excluding hydrogens is 191 g/mol. The molecule has 2 unspecified atom stereocenters. The van der Waals surface area contributed by atoms with Crippen LogP contribution >= 0.6 is 0 Å². The van der Waals surface area contributed by atoms with Crippen LogP contribution < -0.4 is 4.90 Å². The lowest BCUT2D eigenvalue weighted by Crippen LogP contribution is -2.22. The summed E-state index contributed by atoms with van der Waals surface area (Å²) in [5.74, 6) is 1.32. The maximum absolute atomic E-state index is 13.6. The molecule has 2 aliphatic rings. The maximum atomic E-state index is 13.6. The molecule has 1 saturated carbocycles. The number of halogens is 1. The molecular formula is C12H11FN2. The minimum absolute atomic E-state index is 0.268. The van der Waals surface area contributed by atoms with Crippen LogP contribution in [0.5, 0.6) is 0 Å². The first-order chi connectivity index (χ1) is 7.28. The van der Waals surface area contributed by atoms with E-state index in [1.165, 1.54) is 12.5 Å². The molecule has 0 aromatic heterocycles. The fourth-order valence-electron chi connectivity index (χ4n) is 2.43. The van der Waals surface area contributed by atoms with Crippen LogP contribution in [0.2, 0.25) is 0 Å². The summed E-state index contributed by atoms with van der Waals surface area (Å²) in [5, 5.41) is 8.64. The zero-order chi connectivity index (χ0) is 10.4. The molecule has 2 nitrogen and oxygen atoms in total. The van der Waals surface area contributed by atoms with Crippen molar-refractivity contribution >= 4 is 5.69 Å². The molecule has 2 atom stereocenters. The van der Waals surface area contributed by atoms with Gasteiger partial charge in [0.15, 0.2) is 0 Å². The molecule has 0 radical (unpaired) electrons. The van der Waals surface area contributed by atoms with Crippen molar-refractivity contribution in [3.63, 3.8) is 0 Å². The van der Waals surface area contributed by atoms with Gasteiger partial charge < -0.3 is 4.90 Å². The van der Waals surface area contributed by atoms with Crippen molar-refractivity contribution in [1.29, 1.82) is 5.26 Å². The van der Waals surface area contributed by atoms with Gasteiger partial charge in [0.25, 0.3) is 0 Å². The van der Waals surface area contributed by atoms with E-state index in [-0.39, 0.29) is 5.82 Å². The molecule has 76 valence electrons. The second-order valence-electron chi connectivity index (χ2n) is 4.44. The Balaban J connectivity index is 1.89. The van der Waals surface area contributed by atoms with Gasteiger partial charge >= 0.3 is 0 Å². The molecule has 1 aliphatic carbocycles. The molecule has 1 aromatic carbocycles. The Morgan fingerprint density at radius 3 is 2.67 bits per heavy atom. The number of rotatable bonds is 1. The third-order valence-corrected chi connectivity index (χ3v) is 3.40. The zero-order valence-electron chi connectivity index (χ0n) is 8.28. The van der Waals surface area contributed by atoms with Gasteiger partial charge in [-0.15, -0.1) is 0 Å². The zero-order valence-corrected chi connectivity index (χ0v) is 8.28. The summed E-state index contributed by atoms with van der Waals surface area (Å²) in [6.07, 6.45) is 1.31. The van der Waals surface area contributed by atoms with Gasteiger partial charge in [-0.1, -0.05) is 0 Å². The van der Waals surface area contributed by atoms with Crippen molar-refractivity contribution in [2.24, 2.45) is 11.8 Å². The average Bonchev–Trinajstić information content (AvgIpc) is 2.85. The van der Waals surface area contributed by atoms with E-state index in [1.807, 2.05) is 6.07 Å². The smallest absolute Gasteiger partial charge is 0.147 e. The summed E-state index contributed by atoms with van der Waals surface area (Å²) in [5.41, 5.74) is 1.04. The summed E-state index contributed by atoms with van der Waals surface area (Å²) in [6, 6.07) is 6.67. The van der Waals surface area contributed by atoms with Crippen molar-refractivity contribution in [2.45, 2.75) is 6.42 Å². The quantitative estimate of drug-likeness (QED) is 0.697. The predicted octanol–water partition coefficient (Wildman–Crippen LogP) is 2.15. The monoisotopic (exact) mass is 202 g/mol. The Morgan fingerprint density at radius 1 is 1.33 bits per heavy atom. The van der Waals surface area contributed by atoms with E-state index in [9.17, 15) is 4.39 Å². The molecule has 0 N–H and O–H groups in total. The molecule has 15 heavy (non-hydrogen) atoms. The minimum Gasteiger partial charge on any atom is -0.369 e. The van der Waals surface area contributed by atoms with Crippen LogP contribution in [0.25, 0.3) is 0 Å². The summed E-state index contributed by atoms with van der Waals surface area (Å²) >= 11 is 0. The molecule has 2 fully saturated rings. The number of hydrogen-bond donors (Lipinski definition) is 0. The van der Waals surface area contributed by atoms with E-state index >= 15 is 0 Å². The highest BCUT2D eigenvalue weighted by Crippen LogP contribution is 2.46. The highest BCUT2D eigenvalue weighted by atomic mass is 19.1. The van der Waals surface area contributed by atoms with Crippen LogP contribution in [-0.2, 0) is 0 Å². The number of nitriles is 1. The normalized spacial score (nSPS) is 27.3. The van der Waals surface area contributed by atoms with Gasteiger partial charge in [0, 0.05) is 13.1 Å². The largest absolute Gasteiger partial charge is 0.369 e. The van der Waals surface area contributed by atoms with E-state index in [0.717, 1.165) is 24.9 Å². The van der Waals surface area contributed by atoms with Gasteiger partial charge in [-0.05, 0) is 36.5 Å². The van der Waals surface area contributed by atoms with Gasteiger partial charge in [-0.25, -0.2) is 4.39 Å². The molecule has 0 amide bonds. The Bertz CT molecular complexity index is 439. The molecule has 3 heteroatoms. The fraction of sp³-hybridized carbons (Fsp3) is 0.417. The highest BCUT2D eigenvalue weighted by molar-refractivity contribution is 5.52. The summed E-state index contributed by atoms with van der Waals surface area (Å²) in [6.45, 7) is 1.96. The first kappa shape index (κ1) is 8.72. The third-order valence-electron chi connectivity index (χ3n) is 3.40. The molecule has 1 aromatic rings. The van der Waals surface area contributed by atoms with Crippen LogP contribution in [0.3, 0.4) is 0 Å². The second-order valence-corrected chi connectivity index (χ2v) is 4.44. The second kappa shape index (κ2) is 2.96. The van der Waals surface area contributed by atoms with Crippen molar-refractivity contribution in [3.8, 4) is 6.07 Å². The first-order valence-corrected chi connectivity index (χ1v) is 5.22. The van der Waals surface area contributed by atoms with Gasteiger partial charge in [-0.3, -0.25) is 0 Å². The number of fused-ring (bicyclic) bond motifs is 1. The van der Waals surface area contributed by atoms with Crippen LogP contribution in [0.15, 0.2) is 18.2 Å². The summed E-state index contributed by atoms with van der Waals surface area (Å²) in [7, 11) is 0. The molecule has 0 bridgehead atoms. The lowest BCUT2D eigenvalue weighted by molar-refractivity contribution is 0.618. The van der Waals surface area contributed by atoms with E-state index < -0.39 is 0 Å². The lowest BCUT2D eigenvalue weighted by atomic mass is 10.2. The Labute approximate surface area is 87.9 Å². The Hall–Kier alpha value is -1.56. The van der Waals surface area contributed by atoms with Gasteiger partial charge in [0.2, 0.25) is 0 Å². The number of piperidine rings is 1. The SMILES string of the molecule is N#Cc1ccc(N2CC3CC3C2)c(F)c1. The topological polar surface area (TPSA) is 27.0 Å². The Morgan fingerprint density at radius 2 is 2.07 bits per heavy atom. The number of nitrogens with zero attached hydrogens (tertiary/aromatic N) is 2. The van der Waals surface area contributed by atoms with Crippen molar-refractivity contribution < 1.29 is 4.39 Å². The summed E-state index contributed by atoms with van der Waals surface area (Å²) < 4.78 is 13.6. The first-order valence-electron chi connectivity index (χ1n) is 5.22. The molecule has 1 heterocycles. The molecule has 1 saturated heterocycles. The number of hydrogen-bond acceptors (Lipinski definition) is 2. The van der Waals surface area contributed by atoms with Crippen LogP contribution in [0.1, 0.15) is 12.0 Å². The van der Waals surface area contributed by atoms with E-state index in [0.29, 0.717) is 11.3 Å².